The molecule has 1 aromatic rings. The number of nitrogens with zero attached hydrogens (tertiary/aromatic N) is 5. The van der Waals surface area contributed by atoms with Crippen LogP contribution in [-0.4, -0.2) is 74.8 Å². The first-order valence-electron chi connectivity index (χ1n) is 6.67. The summed E-state index contributed by atoms with van der Waals surface area (Å²) in [6, 6.07) is 1.21. The molecular formula is C12H19N5O4. The van der Waals surface area contributed by atoms with E-state index in [9.17, 15) is 20.0 Å². The van der Waals surface area contributed by atoms with Gasteiger partial charge in [-0.3, -0.25) is 4.79 Å². The smallest absolute Gasteiger partial charge is 0.389 e. The molecule has 0 bridgehead atoms. The van der Waals surface area contributed by atoms with Crippen LogP contribution in [-0.2, 0) is 11.3 Å². The molecule has 0 aromatic carbocycles. The second-order valence-corrected chi connectivity index (χ2v) is 5.48. The van der Waals surface area contributed by atoms with Crippen LogP contribution in [0.2, 0.25) is 0 Å². The van der Waals surface area contributed by atoms with Crippen LogP contribution >= 0.6 is 0 Å². The number of aliphatic hydroxyl groups is 1. The van der Waals surface area contributed by atoms with Gasteiger partial charge < -0.3 is 25.0 Å². The van der Waals surface area contributed by atoms with Crippen molar-refractivity contribution in [2.75, 3.05) is 27.2 Å². The number of hydrogen-bond acceptors (Lipinski definition) is 6. The van der Waals surface area contributed by atoms with Crippen molar-refractivity contribution in [1.29, 1.82) is 0 Å². The van der Waals surface area contributed by atoms with Gasteiger partial charge in [0, 0.05) is 19.1 Å². The number of β-amino-alcohol motifs (C(OH)–C–C–N with tert-alkyl or cyclic N) is 1. The van der Waals surface area contributed by atoms with Crippen LogP contribution in [0.25, 0.3) is 0 Å². The second kappa shape index (κ2) is 6.19. The van der Waals surface area contributed by atoms with Gasteiger partial charge in [0.1, 0.15) is 6.54 Å². The first kappa shape index (κ1) is 15.4. The predicted molar refractivity (Wildman–Crippen MR) is 73.6 cm³/mol. The number of likely N-dealkylation sites (tertiary alicyclic amines) is 1. The van der Waals surface area contributed by atoms with Crippen LogP contribution in [0.1, 0.15) is 6.42 Å². The summed E-state index contributed by atoms with van der Waals surface area (Å²) in [5, 5.41) is 24.0. The van der Waals surface area contributed by atoms with E-state index in [1.807, 2.05) is 19.0 Å². The van der Waals surface area contributed by atoms with Gasteiger partial charge in [-0.1, -0.05) is 0 Å². The molecule has 9 nitrogen and oxygen atoms in total. The van der Waals surface area contributed by atoms with Gasteiger partial charge in [0.2, 0.25) is 5.91 Å². The average molecular weight is 297 g/mol. The highest BCUT2D eigenvalue weighted by Gasteiger charge is 2.34. The maximum atomic E-state index is 12.3. The number of amides is 1. The highest BCUT2D eigenvalue weighted by Crippen LogP contribution is 2.19. The highest BCUT2D eigenvalue weighted by atomic mass is 16.6. The molecule has 1 N–H and O–H groups in total. The summed E-state index contributed by atoms with van der Waals surface area (Å²) in [5.41, 5.74) is 0. The topological polar surface area (TPSA) is 105 Å². The highest BCUT2D eigenvalue weighted by molar-refractivity contribution is 5.76. The number of nitro groups is 1. The summed E-state index contributed by atoms with van der Waals surface area (Å²) in [6.45, 7) is 0.896. The van der Waals surface area contributed by atoms with Crippen LogP contribution in [0.3, 0.4) is 0 Å². The summed E-state index contributed by atoms with van der Waals surface area (Å²) >= 11 is 0. The molecule has 9 heteroatoms. The van der Waals surface area contributed by atoms with Gasteiger partial charge in [-0.2, -0.15) is 4.68 Å². The van der Waals surface area contributed by atoms with E-state index in [-0.39, 0.29) is 24.3 Å². The molecule has 1 aromatic heterocycles. The number of aliphatic hydroxyl groups excluding tert-OH is 1. The Morgan fingerprint density at radius 2 is 2.33 bits per heavy atom. The third kappa shape index (κ3) is 3.76. The number of carbonyl (C=O) groups excluding carboxylic acids is 1. The lowest BCUT2D eigenvalue weighted by atomic mass is 10.2. The molecule has 2 atom stereocenters. The zero-order valence-corrected chi connectivity index (χ0v) is 12.0. The van der Waals surface area contributed by atoms with Crippen molar-refractivity contribution in [3.63, 3.8) is 0 Å². The zero-order valence-electron chi connectivity index (χ0n) is 12.0. The van der Waals surface area contributed by atoms with Crippen molar-refractivity contribution >= 4 is 11.7 Å². The predicted octanol–water partition coefficient (Wildman–Crippen LogP) is -0.685. The minimum absolute atomic E-state index is 0.0481. The van der Waals surface area contributed by atoms with Gasteiger partial charge in [0.25, 0.3) is 0 Å². The quantitative estimate of drug-likeness (QED) is 0.570. The Morgan fingerprint density at radius 3 is 2.90 bits per heavy atom. The van der Waals surface area contributed by atoms with Crippen molar-refractivity contribution < 1.29 is 14.8 Å². The lowest BCUT2D eigenvalue weighted by molar-refractivity contribution is -0.389. The van der Waals surface area contributed by atoms with Crippen molar-refractivity contribution in [2.45, 2.75) is 25.1 Å². The summed E-state index contributed by atoms with van der Waals surface area (Å²) in [6.07, 6.45) is 1.43. The zero-order chi connectivity index (χ0) is 15.6. The van der Waals surface area contributed by atoms with E-state index in [4.69, 9.17) is 0 Å². The fraction of sp³-hybridized carbons (Fsp3) is 0.667. The molecule has 1 aliphatic rings. The first-order chi connectivity index (χ1) is 9.86. The minimum Gasteiger partial charge on any atom is -0.391 e. The third-order valence-electron chi connectivity index (χ3n) is 3.40. The normalized spacial score (nSPS) is 22.0. The fourth-order valence-electron chi connectivity index (χ4n) is 2.56. The molecule has 1 fully saturated rings. The minimum atomic E-state index is -0.602. The Labute approximate surface area is 121 Å². The third-order valence-corrected chi connectivity index (χ3v) is 3.40. The van der Waals surface area contributed by atoms with Crippen LogP contribution in [0.5, 0.6) is 0 Å². The molecule has 1 amide bonds. The van der Waals surface area contributed by atoms with Gasteiger partial charge in [-0.25, -0.2) is 0 Å². The molecule has 2 unspecified atom stereocenters. The Kier molecular flexibility index (Phi) is 4.53. The van der Waals surface area contributed by atoms with E-state index in [0.717, 1.165) is 0 Å². The molecule has 21 heavy (non-hydrogen) atoms. The van der Waals surface area contributed by atoms with E-state index < -0.39 is 11.0 Å². The SMILES string of the molecule is CN(C)CC1CC(O)CN1C(=O)Cn1ccc([N+](=O)[O-])n1. The Bertz CT molecular complexity index is 529. The van der Waals surface area contributed by atoms with E-state index in [1.54, 1.807) is 4.90 Å². The van der Waals surface area contributed by atoms with Gasteiger partial charge in [-0.15, -0.1) is 0 Å². The van der Waals surface area contributed by atoms with Crippen LogP contribution in [0.15, 0.2) is 12.3 Å². The lowest BCUT2D eigenvalue weighted by Crippen LogP contribution is -2.42. The van der Waals surface area contributed by atoms with E-state index in [0.29, 0.717) is 19.5 Å². The molecule has 1 aliphatic heterocycles. The Morgan fingerprint density at radius 1 is 1.62 bits per heavy atom. The van der Waals surface area contributed by atoms with Crippen molar-refractivity contribution in [3.05, 3.63) is 22.4 Å². The molecule has 1 saturated heterocycles. The van der Waals surface area contributed by atoms with Crippen LogP contribution < -0.4 is 0 Å². The largest absolute Gasteiger partial charge is 0.391 e. The monoisotopic (exact) mass is 297 g/mol. The van der Waals surface area contributed by atoms with Gasteiger partial charge in [-0.05, 0) is 25.4 Å². The molecule has 0 aliphatic carbocycles. The summed E-state index contributed by atoms with van der Waals surface area (Å²) in [5.74, 6) is -0.481. The van der Waals surface area contributed by atoms with Crippen molar-refractivity contribution in [1.82, 2.24) is 19.6 Å². The summed E-state index contributed by atoms with van der Waals surface area (Å²) in [4.78, 5) is 25.8. The van der Waals surface area contributed by atoms with Gasteiger partial charge >= 0.3 is 5.82 Å². The molecule has 0 spiro atoms. The Balaban J connectivity index is 2.02. The number of likely N-dealkylation sites (N-methyl/N-ethyl adjacent to an activating group) is 1. The van der Waals surface area contributed by atoms with E-state index >= 15 is 0 Å². The fourth-order valence-corrected chi connectivity index (χ4v) is 2.56. The molecular weight excluding hydrogens is 278 g/mol. The first-order valence-corrected chi connectivity index (χ1v) is 6.67. The van der Waals surface area contributed by atoms with Crippen molar-refractivity contribution in [2.24, 2.45) is 0 Å². The summed E-state index contributed by atoms with van der Waals surface area (Å²) < 4.78 is 1.25. The molecule has 2 rings (SSSR count). The lowest BCUT2D eigenvalue weighted by Gasteiger charge is -2.26. The number of carbonyl (C=O) groups is 1. The standard InChI is InChI=1S/C12H19N5O4/c1-14(2)6-9-5-10(18)7-16(9)12(19)8-15-4-3-11(13-15)17(20)21/h3-4,9-10,18H,5-8H2,1-2H3. The summed E-state index contributed by atoms with van der Waals surface area (Å²) in [7, 11) is 3.81. The van der Waals surface area contributed by atoms with Crippen molar-refractivity contribution in [3.8, 4) is 0 Å². The molecule has 2 heterocycles. The number of rotatable bonds is 5. The molecule has 116 valence electrons. The number of hydrogen-bond donors (Lipinski definition) is 1. The van der Waals surface area contributed by atoms with E-state index in [2.05, 4.69) is 5.10 Å². The number of aromatic nitrogens is 2. The maximum absolute atomic E-state index is 12.3. The van der Waals surface area contributed by atoms with Gasteiger partial charge in [0.15, 0.2) is 0 Å². The van der Waals surface area contributed by atoms with E-state index in [1.165, 1.54) is 16.9 Å². The average Bonchev–Trinajstić information content (AvgIpc) is 2.95. The van der Waals surface area contributed by atoms with Gasteiger partial charge in [0.05, 0.1) is 23.5 Å². The van der Waals surface area contributed by atoms with Crippen LogP contribution in [0.4, 0.5) is 5.82 Å². The molecule has 0 radical (unpaired) electrons. The Hall–Kier alpha value is -2.00. The maximum Gasteiger partial charge on any atom is 0.389 e. The molecule has 0 saturated carbocycles. The second-order valence-electron chi connectivity index (χ2n) is 5.48. The van der Waals surface area contributed by atoms with Crippen LogP contribution in [0, 0.1) is 10.1 Å².